The van der Waals surface area contributed by atoms with Gasteiger partial charge in [-0.25, -0.2) is 8.42 Å². The summed E-state index contributed by atoms with van der Waals surface area (Å²) in [4.78, 5) is 0. The van der Waals surface area contributed by atoms with Crippen LogP contribution in [0.15, 0.2) is 0 Å². The quantitative estimate of drug-likeness (QED) is 0.132. The molecule has 0 aromatic rings. The van der Waals surface area contributed by atoms with E-state index in [1.165, 1.54) is 89.9 Å². The van der Waals surface area contributed by atoms with Crippen LogP contribution in [0.5, 0.6) is 0 Å². The van der Waals surface area contributed by atoms with Crippen LogP contribution in [0, 0.1) is 5.41 Å². The third-order valence-corrected chi connectivity index (χ3v) is 5.50. The van der Waals surface area contributed by atoms with Crippen LogP contribution in [0.25, 0.3) is 0 Å². The molecule has 0 aromatic carbocycles. The molecule has 0 heterocycles. The predicted octanol–water partition coefficient (Wildman–Crippen LogP) is 7.52. The average molecular weight is 424 g/mol. The minimum Gasteiger partial charge on any atom is -0.726 e. The SMILES string of the molecule is CC(C)(C)CCCCCCCCCCCCCCCCCCOS(=O)(=O)[O-].[NH4+]. The molecule has 6 heteroatoms. The van der Waals surface area contributed by atoms with Crippen molar-refractivity contribution in [3.63, 3.8) is 0 Å². The summed E-state index contributed by atoms with van der Waals surface area (Å²) in [6.45, 7) is 7.02. The minimum absolute atomic E-state index is 0. The maximum Gasteiger partial charge on any atom is 0.217 e. The number of rotatable bonds is 19. The van der Waals surface area contributed by atoms with Gasteiger partial charge in [0.25, 0.3) is 0 Å². The Labute approximate surface area is 175 Å². The fourth-order valence-electron chi connectivity index (χ4n) is 3.39. The number of hydrogen-bond donors (Lipinski definition) is 1. The van der Waals surface area contributed by atoms with Crippen LogP contribution >= 0.6 is 0 Å². The Balaban J connectivity index is 0. The molecule has 0 aliphatic heterocycles. The van der Waals surface area contributed by atoms with E-state index in [-0.39, 0.29) is 12.8 Å². The topological polar surface area (TPSA) is 103 Å². The van der Waals surface area contributed by atoms with Gasteiger partial charge in [0.05, 0.1) is 6.61 Å². The van der Waals surface area contributed by atoms with Gasteiger partial charge in [-0.3, -0.25) is 4.18 Å². The van der Waals surface area contributed by atoms with Gasteiger partial charge in [0.2, 0.25) is 10.4 Å². The molecule has 4 N–H and O–H groups in total. The van der Waals surface area contributed by atoms with Gasteiger partial charge in [-0.15, -0.1) is 0 Å². The van der Waals surface area contributed by atoms with Crippen LogP contribution in [0.3, 0.4) is 0 Å². The first-order valence-electron chi connectivity index (χ1n) is 11.3. The van der Waals surface area contributed by atoms with Crippen LogP contribution in [-0.2, 0) is 14.6 Å². The molecule has 0 amide bonds. The van der Waals surface area contributed by atoms with Gasteiger partial charge in [0.15, 0.2) is 0 Å². The second kappa shape index (κ2) is 18.8. The Bertz CT molecular complexity index is 419. The molecule has 0 saturated heterocycles. The standard InChI is InChI=1S/C22H46O4S.H3N/c1-22(2,3)20-18-16-14-12-10-8-6-4-5-7-9-11-13-15-17-19-21-26-27(23,24)25;/h4-21H2,1-3H3,(H,23,24,25);1H3. The largest absolute Gasteiger partial charge is 0.726 e. The molecule has 0 aliphatic carbocycles. The second-order valence-electron chi connectivity index (χ2n) is 9.20. The van der Waals surface area contributed by atoms with Crippen molar-refractivity contribution in [3.8, 4) is 0 Å². The molecular formula is C22H49NO4S. The lowest BCUT2D eigenvalue weighted by Gasteiger charge is -2.17. The first kappa shape index (κ1) is 30.0. The van der Waals surface area contributed by atoms with Crippen LogP contribution in [0.2, 0.25) is 0 Å². The molecule has 0 bridgehead atoms. The maximum atomic E-state index is 10.3. The van der Waals surface area contributed by atoms with Crippen LogP contribution in [0.4, 0.5) is 0 Å². The molecule has 0 aliphatic rings. The third kappa shape index (κ3) is 28.0. The fraction of sp³-hybridized carbons (Fsp3) is 1.00. The summed E-state index contributed by atoms with van der Waals surface area (Å²) in [6, 6.07) is 0. The lowest BCUT2D eigenvalue weighted by molar-refractivity contribution is 0.255. The molecule has 0 fully saturated rings. The first-order valence-corrected chi connectivity index (χ1v) is 12.6. The van der Waals surface area contributed by atoms with Gasteiger partial charge in [0.1, 0.15) is 0 Å². The zero-order valence-corrected chi connectivity index (χ0v) is 20.1. The third-order valence-electron chi connectivity index (χ3n) is 5.05. The van der Waals surface area contributed by atoms with E-state index in [1.807, 2.05) is 0 Å². The van der Waals surface area contributed by atoms with Crippen LogP contribution < -0.4 is 6.15 Å². The van der Waals surface area contributed by atoms with Crippen molar-refractivity contribution in [1.29, 1.82) is 0 Å². The molecule has 172 valence electrons. The number of quaternary nitrogens is 1. The molecule has 0 radical (unpaired) electrons. The van der Waals surface area contributed by atoms with E-state index in [0.29, 0.717) is 11.8 Å². The van der Waals surface area contributed by atoms with Crippen molar-refractivity contribution in [2.24, 2.45) is 5.41 Å². The molecule has 5 nitrogen and oxygen atoms in total. The highest BCUT2D eigenvalue weighted by molar-refractivity contribution is 7.80. The summed E-state index contributed by atoms with van der Waals surface area (Å²) in [5, 5.41) is 0. The molecule has 0 atom stereocenters. The van der Waals surface area contributed by atoms with Crippen molar-refractivity contribution in [3.05, 3.63) is 0 Å². The van der Waals surface area contributed by atoms with Gasteiger partial charge in [-0.05, 0) is 18.3 Å². The zero-order chi connectivity index (χ0) is 20.4. The summed E-state index contributed by atoms with van der Waals surface area (Å²) in [5.41, 5.74) is 0.499. The lowest BCUT2D eigenvalue weighted by atomic mass is 9.89. The molecule has 0 spiro atoms. The van der Waals surface area contributed by atoms with Crippen molar-refractivity contribution in [1.82, 2.24) is 6.15 Å². The average Bonchev–Trinajstić information content (AvgIpc) is 2.55. The molecule has 0 unspecified atom stereocenters. The maximum absolute atomic E-state index is 10.3. The fourth-order valence-corrected chi connectivity index (χ4v) is 3.72. The highest BCUT2D eigenvalue weighted by Gasteiger charge is 2.08. The van der Waals surface area contributed by atoms with E-state index in [0.717, 1.165) is 12.8 Å². The van der Waals surface area contributed by atoms with E-state index >= 15 is 0 Å². The monoisotopic (exact) mass is 423 g/mol. The normalized spacial score (nSPS) is 12.1. The molecule has 0 aromatic heterocycles. The van der Waals surface area contributed by atoms with E-state index in [4.69, 9.17) is 0 Å². The summed E-state index contributed by atoms with van der Waals surface area (Å²) in [7, 11) is -4.50. The Hall–Kier alpha value is -0.170. The summed E-state index contributed by atoms with van der Waals surface area (Å²) >= 11 is 0. The summed E-state index contributed by atoms with van der Waals surface area (Å²) < 4.78 is 34.9. The highest BCUT2D eigenvalue weighted by Crippen LogP contribution is 2.22. The first-order chi connectivity index (χ1) is 12.7. The molecule has 28 heavy (non-hydrogen) atoms. The Morgan fingerprint density at radius 3 is 1.18 bits per heavy atom. The van der Waals surface area contributed by atoms with Gasteiger partial charge in [-0.1, -0.05) is 117 Å². The number of hydrogen-bond acceptors (Lipinski definition) is 4. The van der Waals surface area contributed by atoms with Gasteiger partial charge >= 0.3 is 0 Å². The lowest BCUT2D eigenvalue weighted by Crippen LogP contribution is -2.05. The van der Waals surface area contributed by atoms with E-state index < -0.39 is 10.4 Å². The minimum atomic E-state index is -4.50. The van der Waals surface area contributed by atoms with Gasteiger partial charge in [-0.2, -0.15) is 0 Å². The Morgan fingerprint density at radius 1 is 0.607 bits per heavy atom. The van der Waals surface area contributed by atoms with Crippen molar-refractivity contribution in [2.75, 3.05) is 6.61 Å². The Morgan fingerprint density at radius 2 is 0.893 bits per heavy atom. The summed E-state index contributed by atoms with van der Waals surface area (Å²) in [5.74, 6) is 0. The highest BCUT2D eigenvalue weighted by atomic mass is 32.3. The summed E-state index contributed by atoms with van der Waals surface area (Å²) in [6.07, 6.45) is 21.7. The van der Waals surface area contributed by atoms with Crippen molar-refractivity contribution < 1.29 is 17.2 Å². The van der Waals surface area contributed by atoms with Crippen molar-refractivity contribution in [2.45, 2.75) is 130 Å². The number of unbranched alkanes of at least 4 members (excludes halogenated alkanes) is 15. The van der Waals surface area contributed by atoms with Crippen LogP contribution in [0.1, 0.15) is 130 Å². The van der Waals surface area contributed by atoms with E-state index in [9.17, 15) is 13.0 Å². The molecule has 0 saturated carbocycles. The van der Waals surface area contributed by atoms with Gasteiger partial charge < -0.3 is 10.7 Å². The van der Waals surface area contributed by atoms with Gasteiger partial charge in [0, 0.05) is 0 Å². The smallest absolute Gasteiger partial charge is 0.217 e. The van der Waals surface area contributed by atoms with E-state index in [2.05, 4.69) is 25.0 Å². The molecular weight excluding hydrogens is 374 g/mol. The van der Waals surface area contributed by atoms with Crippen molar-refractivity contribution >= 4 is 10.4 Å². The van der Waals surface area contributed by atoms with E-state index in [1.54, 1.807) is 0 Å². The van der Waals surface area contributed by atoms with Crippen LogP contribution in [-0.4, -0.2) is 19.6 Å². The Kier molecular flexibility index (Phi) is 20.2. The zero-order valence-electron chi connectivity index (χ0n) is 19.3. The molecule has 0 rings (SSSR count). The predicted molar refractivity (Wildman–Crippen MR) is 120 cm³/mol. The second-order valence-corrected chi connectivity index (χ2v) is 10.2.